The molecule has 14 nitrogen and oxygen atoms in total. The number of nitrogens with one attached hydrogen (secondary N) is 3. The molecule has 0 spiro atoms. The van der Waals surface area contributed by atoms with Crippen molar-refractivity contribution >= 4 is 49.0 Å². The maximum Gasteiger partial charge on any atom is 0.315 e. The molecule has 69 heavy (non-hydrogen) atoms. The van der Waals surface area contributed by atoms with Gasteiger partial charge in [0.2, 0.25) is 15.9 Å². The minimum Gasteiger partial charge on any atom is -0.489 e. The van der Waals surface area contributed by atoms with Gasteiger partial charge in [0.15, 0.2) is 6.10 Å². The molecule has 1 heterocycles. The highest BCUT2D eigenvalue weighted by Gasteiger charge is 2.28. The number of sulfonamides is 1. The fourth-order valence-electron chi connectivity index (χ4n) is 8.69. The molecular weight excluding hydrogens is 929 g/mol. The molecule has 4 N–H and O–H groups in total. The molecule has 1 amide bonds. The van der Waals surface area contributed by atoms with Crippen LogP contribution in [-0.2, 0) is 27.7 Å². The van der Waals surface area contributed by atoms with Crippen LogP contribution in [0.3, 0.4) is 0 Å². The van der Waals surface area contributed by atoms with Crippen molar-refractivity contribution in [2.24, 2.45) is 4.99 Å². The van der Waals surface area contributed by atoms with Gasteiger partial charge in [-0.25, -0.2) is 13.1 Å². The van der Waals surface area contributed by atoms with E-state index in [4.69, 9.17) is 9.47 Å². The fourth-order valence-corrected chi connectivity index (χ4v) is 11.7. The Morgan fingerprint density at radius 3 is 2.42 bits per heavy atom. The SMILES string of the molecule is C=C(SC(=NC)c1ccc(OC(C)C)c(C#[N+]CC(C)Oc2ccc(-c3nnc(-c4cccc5c4CCCC5NCCO)s3)cc2C#N)c1)c1cccc2c1CCCC2NS(=O)(=O)CCC(=O)NC. The number of fused-ring (bicyclic) bond motifs is 2. The molecule has 360 valence electrons. The topological polar surface area (TPSA) is 192 Å². The highest BCUT2D eigenvalue weighted by Crippen LogP contribution is 2.41. The van der Waals surface area contributed by atoms with E-state index in [-0.39, 0.29) is 43.4 Å². The number of nitriles is 1. The molecule has 3 atom stereocenters. The Labute approximate surface area is 413 Å². The average molecular weight is 988 g/mol. The molecule has 4 aromatic carbocycles. The second-order valence-electron chi connectivity index (χ2n) is 17.2. The zero-order chi connectivity index (χ0) is 49.1. The highest BCUT2D eigenvalue weighted by atomic mass is 32.2. The van der Waals surface area contributed by atoms with Crippen molar-refractivity contribution in [1.29, 1.82) is 5.26 Å². The van der Waals surface area contributed by atoms with E-state index in [2.05, 4.69) is 72.3 Å². The monoisotopic (exact) mass is 987 g/mol. The minimum absolute atomic E-state index is 0.0941. The van der Waals surface area contributed by atoms with Gasteiger partial charge in [0, 0.05) is 60.7 Å². The van der Waals surface area contributed by atoms with E-state index in [1.54, 1.807) is 19.2 Å². The summed E-state index contributed by atoms with van der Waals surface area (Å²) in [6, 6.07) is 28.7. The predicted molar refractivity (Wildman–Crippen MR) is 277 cm³/mol. The van der Waals surface area contributed by atoms with Crippen LogP contribution in [0.1, 0.15) is 109 Å². The number of rotatable bonds is 18. The number of ether oxygens (including phenoxy) is 2. The van der Waals surface area contributed by atoms with Crippen molar-refractivity contribution in [2.75, 3.05) is 39.5 Å². The Balaban J connectivity index is 1.03. The number of thioether (sulfide) groups is 1. The number of aromatic nitrogens is 2. The first-order valence-corrected chi connectivity index (χ1v) is 26.5. The Bertz CT molecular complexity index is 2930. The standard InChI is InChI=1S/C52H58N8O6S3/c1-32(2)65-48-22-19-35(50(55-6)67-34(4)39-11-7-15-43-40(39)12-10-18-46(43)60-69(63,64)26-23-49(62)54-5)28-38(48)31-56-30-33(3)66-47-21-20-36(27-37(47)29-53)51-58-59-52(68-51)44-16-8-14-42-41(44)13-9-17-45(42)57-24-25-61/h7-8,11,14-16,19-22,27-28,32-33,45-46,57,60-61H,4,9-10,12-13,17-18,23-26,30H2,1-3,5-6H3/p+1. The highest BCUT2D eigenvalue weighted by molar-refractivity contribution is 8.22. The van der Waals surface area contributed by atoms with Crippen LogP contribution in [0.2, 0.25) is 0 Å². The van der Waals surface area contributed by atoms with Crippen molar-refractivity contribution in [2.45, 2.75) is 90.0 Å². The molecule has 0 saturated heterocycles. The third-order valence-electron chi connectivity index (χ3n) is 11.9. The molecule has 3 unspecified atom stereocenters. The summed E-state index contributed by atoms with van der Waals surface area (Å²) in [5.41, 5.74) is 9.06. The van der Waals surface area contributed by atoms with Crippen LogP contribution in [0.4, 0.5) is 0 Å². The summed E-state index contributed by atoms with van der Waals surface area (Å²) in [5, 5.41) is 36.9. The molecule has 17 heteroatoms. The number of nitrogens with zero attached hydrogens (tertiary/aromatic N) is 5. The predicted octanol–water partition coefficient (Wildman–Crippen LogP) is 8.85. The average Bonchev–Trinajstić information content (AvgIpc) is 3.84. The number of benzene rings is 4. The second kappa shape index (κ2) is 23.6. The number of amides is 1. The lowest BCUT2D eigenvalue weighted by atomic mass is 9.85. The molecule has 0 aliphatic heterocycles. The van der Waals surface area contributed by atoms with Gasteiger partial charge in [0.25, 0.3) is 6.54 Å². The number of aliphatic hydroxyl groups is 1. The number of carbonyl (C=O) groups excluding carboxylic acids is 1. The van der Waals surface area contributed by atoms with E-state index in [0.29, 0.717) is 45.6 Å². The molecule has 2 aliphatic rings. The van der Waals surface area contributed by atoms with E-state index in [9.17, 15) is 23.6 Å². The van der Waals surface area contributed by atoms with Crippen LogP contribution in [-0.4, -0.2) is 86.4 Å². The molecule has 2 aliphatic carbocycles. The van der Waals surface area contributed by atoms with Crippen molar-refractivity contribution in [3.05, 3.63) is 129 Å². The van der Waals surface area contributed by atoms with Gasteiger partial charge in [-0.1, -0.05) is 70.9 Å². The van der Waals surface area contributed by atoms with E-state index in [1.165, 1.54) is 41.3 Å². The van der Waals surface area contributed by atoms with Gasteiger partial charge in [0.05, 0.1) is 24.0 Å². The first kappa shape index (κ1) is 50.9. The molecule has 0 saturated carbocycles. The normalized spacial score (nSPS) is 16.1. The van der Waals surface area contributed by atoms with Crippen molar-refractivity contribution in [1.82, 2.24) is 25.6 Å². The number of aliphatic hydroxyl groups excluding tert-OH is 1. The maximum atomic E-state index is 13.0. The summed E-state index contributed by atoms with van der Waals surface area (Å²) < 4.78 is 41.2. The van der Waals surface area contributed by atoms with Crippen molar-refractivity contribution < 1.29 is 27.8 Å². The smallest absolute Gasteiger partial charge is 0.315 e. The van der Waals surface area contributed by atoms with Crippen LogP contribution in [0.25, 0.3) is 30.9 Å². The van der Waals surface area contributed by atoms with Gasteiger partial charge >= 0.3 is 6.07 Å². The van der Waals surface area contributed by atoms with Crippen molar-refractivity contribution in [3.8, 4) is 44.8 Å². The van der Waals surface area contributed by atoms with Crippen molar-refractivity contribution in [3.63, 3.8) is 0 Å². The summed E-state index contributed by atoms with van der Waals surface area (Å²) in [5.74, 6) is 0.439. The Morgan fingerprint density at radius 1 is 0.971 bits per heavy atom. The molecule has 7 rings (SSSR count). The van der Waals surface area contributed by atoms with Gasteiger partial charge < -0.3 is 25.2 Å². The Morgan fingerprint density at radius 2 is 1.68 bits per heavy atom. The van der Waals surface area contributed by atoms with E-state index in [0.717, 1.165) is 75.4 Å². The number of carbonyl (C=O) groups is 1. The minimum atomic E-state index is -3.70. The first-order chi connectivity index (χ1) is 33.3. The van der Waals surface area contributed by atoms with Crippen LogP contribution < -0.4 is 24.8 Å². The lowest BCUT2D eigenvalue weighted by Crippen LogP contribution is -2.34. The number of hydrogen-bond donors (Lipinski definition) is 4. The van der Waals surface area contributed by atoms with Crippen LogP contribution in [0, 0.1) is 17.4 Å². The second-order valence-corrected chi connectivity index (χ2v) is 21.2. The van der Waals surface area contributed by atoms with Gasteiger partial charge in [-0.3, -0.25) is 9.79 Å². The van der Waals surface area contributed by atoms with Gasteiger partial charge in [-0.2, -0.15) is 5.26 Å². The first-order valence-electron chi connectivity index (χ1n) is 23.2. The van der Waals surface area contributed by atoms with Crippen LogP contribution in [0.5, 0.6) is 11.5 Å². The molecule has 0 bridgehead atoms. The molecular formula is C52H59N8O6S3+. The largest absolute Gasteiger partial charge is 0.489 e. The fraction of sp³-hybridized carbons (Fsp3) is 0.385. The third-order valence-corrected chi connectivity index (χ3v) is 15.4. The summed E-state index contributed by atoms with van der Waals surface area (Å²) >= 11 is 2.92. The lowest BCUT2D eigenvalue weighted by molar-refractivity contribution is -0.120. The molecule has 5 aromatic rings. The van der Waals surface area contributed by atoms with Gasteiger partial charge in [-0.15, -0.1) is 10.2 Å². The Kier molecular flexibility index (Phi) is 17.4. The molecule has 1 aromatic heterocycles. The zero-order valence-electron chi connectivity index (χ0n) is 39.7. The van der Waals surface area contributed by atoms with E-state index in [1.807, 2.05) is 63.2 Å². The Hall–Kier alpha value is -5.92. The number of hydrogen-bond acceptors (Lipinski definition) is 13. The van der Waals surface area contributed by atoms with E-state index >= 15 is 0 Å². The lowest BCUT2D eigenvalue weighted by Gasteiger charge is -2.28. The molecule has 0 fully saturated rings. The summed E-state index contributed by atoms with van der Waals surface area (Å²) in [4.78, 5) is 21.8. The zero-order valence-corrected chi connectivity index (χ0v) is 42.1. The summed E-state index contributed by atoms with van der Waals surface area (Å²) in [6.07, 6.45) is 4.63. The third kappa shape index (κ3) is 12.8. The summed E-state index contributed by atoms with van der Waals surface area (Å²) in [6.45, 7) is 11.1. The van der Waals surface area contributed by atoms with Gasteiger partial charge in [-0.05, 0) is 124 Å². The molecule has 0 radical (unpaired) electrons. The van der Waals surface area contributed by atoms with Gasteiger partial charge in [0.1, 0.15) is 38.2 Å². The van der Waals surface area contributed by atoms with Crippen LogP contribution >= 0.6 is 23.1 Å². The maximum absolute atomic E-state index is 13.0. The number of aliphatic imine (C=N–C) groups is 1. The van der Waals surface area contributed by atoms with E-state index < -0.39 is 22.2 Å². The van der Waals surface area contributed by atoms with Crippen LogP contribution in [0.15, 0.2) is 84.4 Å². The quantitative estimate of drug-likeness (QED) is 0.0484. The summed E-state index contributed by atoms with van der Waals surface area (Å²) in [7, 11) is -0.478.